The number of hydrogen-bond donors (Lipinski definition) is 2. The van der Waals surface area contributed by atoms with E-state index in [9.17, 15) is 18.3 Å². The molecule has 2 N–H and O–H groups in total. The smallest absolute Gasteiger partial charge is 0.261 e. The number of nitrogens with zero attached hydrogens (tertiary/aromatic N) is 3. The van der Waals surface area contributed by atoms with Crippen molar-refractivity contribution in [3.8, 4) is 5.75 Å². The van der Waals surface area contributed by atoms with E-state index in [1.54, 1.807) is 59.8 Å². The maximum atomic E-state index is 13.5. The number of aryl methyl sites for hydroxylation is 1. The lowest BCUT2D eigenvalue weighted by atomic mass is 10.0. The second kappa shape index (κ2) is 12.8. The maximum absolute atomic E-state index is 13.5. The Morgan fingerprint density at radius 3 is 2.52 bits per heavy atom. The number of hydrogen-bond acceptors (Lipinski definition) is 7. The van der Waals surface area contributed by atoms with Gasteiger partial charge in [0.05, 0.1) is 24.0 Å². The average Bonchev–Trinajstić information content (AvgIpc) is 2.96. The summed E-state index contributed by atoms with van der Waals surface area (Å²) in [6, 6.07) is 15.2. The van der Waals surface area contributed by atoms with Gasteiger partial charge < -0.3 is 14.7 Å². The number of amides is 1. The van der Waals surface area contributed by atoms with E-state index in [2.05, 4.69) is 14.6 Å². The molecule has 0 bridgehead atoms. The van der Waals surface area contributed by atoms with Crippen LogP contribution in [0.5, 0.6) is 5.75 Å². The number of aliphatic hydroxyl groups excluding tert-OH is 1. The van der Waals surface area contributed by atoms with E-state index < -0.39 is 10.0 Å². The Bertz CT molecular complexity index is 1400. The number of likely N-dealkylation sites (N-methyl/N-ethyl adjacent to an activating group) is 1. The van der Waals surface area contributed by atoms with Gasteiger partial charge in [-0.25, -0.2) is 8.42 Å². The van der Waals surface area contributed by atoms with Crippen LogP contribution in [0.2, 0.25) is 0 Å². The van der Waals surface area contributed by atoms with Gasteiger partial charge in [0, 0.05) is 49.2 Å². The minimum absolute atomic E-state index is 0.0199. The summed E-state index contributed by atoms with van der Waals surface area (Å²) in [7, 11) is -1.80. The predicted molar refractivity (Wildman–Crippen MR) is 155 cm³/mol. The molecule has 10 heteroatoms. The summed E-state index contributed by atoms with van der Waals surface area (Å²) in [5.41, 5.74) is 3.02. The lowest BCUT2D eigenvalue weighted by Crippen LogP contribution is -2.47. The van der Waals surface area contributed by atoms with Gasteiger partial charge in [0.15, 0.2) is 0 Å². The number of ether oxygens (including phenoxy) is 1. The summed E-state index contributed by atoms with van der Waals surface area (Å²) in [6.45, 7) is 7.33. The molecule has 3 aromatic rings. The Kier molecular flexibility index (Phi) is 9.44. The number of carbonyl (C=O) groups excluding carboxylic acids is 1. The highest BCUT2D eigenvalue weighted by Gasteiger charge is 2.31. The molecule has 0 saturated carbocycles. The number of nitrogens with one attached hydrogen (secondary N) is 1. The van der Waals surface area contributed by atoms with Crippen molar-refractivity contribution < 1.29 is 23.1 Å². The van der Waals surface area contributed by atoms with Crippen molar-refractivity contribution in [2.24, 2.45) is 5.92 Å². The molecule has 214 valence electrons. The van der Waals surface area contributed by atoms with E-state index in [1.807, 2.05) is 40.0 Å². The van der Waals surface area contributed by atoms with Crippen molar-refractivity contribution in [1.82, 2.24) is 14.8 Å². The van der Waals surface area contributed by atoms with Gasteiger partial charge in [0.2, 0.25) is 5.91 Å². The van der Waals surface area contributed by atoms with E-state index in [0.717, 1.165) is 11.1 Å². The number of rotatable bonds is 9. The fourth-order valence-electron chi connectivity index (χ4n) is 4.81. The quantitative estimate of drug-likeness (QED) is 0.408. The van der Waals surface area contributed by atoms with Crippen LogP contribution >= 0.6 is 0 Å². The summed E-state index contributed by atoms with van der Waals surface area (Å²) >= 11 is 0. The Morgan fingerprint density at radius 2 is 1.85 bits per heavy atom. The first-order valence-corrected chi connectivity index (χ1v) is 14.9. The molecule has 0 radical (unpaired) electrons. The molecule has 1 amide bonds. The fourth-order valence-corrected chi connectivity index (χ4v) is 5.86. The molecule has 2 heterocycles. The summed E-state index contributed by atoms with van der Waals surface area (Å²) in [5.74, 6) is 0.352. The SMILES string of the molecule is Cc1ccc(S(=O)(=O)Nc2ccc3c(c2)CC(=O)N([C@@H](C)CO)C[C@H](C)[C@H](CN(C)Cc2ccncc2)O3)cc1. The Labute approximate surface area is 236 Å². The van der Waals surface area contributed by atoms with E-state index in [0.29, 0.717) is 36.6 Å². The lowest BCUT2D eigenvalue weighted by Gasteiger charge is -2.34. The van der Waals surface area contributed by atoms with Crippen LogP contribution in [0.3, 0.4) is 0 Å². The maximum Gasteiger partial charge on any atom is 0.261 e. The van der Waals surface area contributed by atoms with Crippen molar-refractivity contribution in [2.45, 2.75) is 50.8 Å². The molecule has 2 aromatic carbocycles. The largest absolute Gasteiger partial charge is 0.488 e. The highest BCUT2D eigenvalue weighted by atomic mass is 32.2. The third kappa shape index (κ3) is 7.38. The van der Waals surface area contributed by atoms with E-state index in [-0.39, 0.29) is 41.9 Å². The number of pyridine rings is 1. The van der Waals surface area contributed by atoms with Crippen molar-refractivity contribution in [3.05, 3.63) is 83.7 Å². The zero-order chi connectivity index (χ0) is 28.9. The normalized spacial score (nSPS) is 18.8. The number of aliphatic hydroxyl groups is 1. The molecule has 1 aliphatic heterocycles. The van der Waals surface area contributed by atoms with Crippen LogP contribution in [-0.2, 0) is 27.8 Å². The van der Waals surface area contributed by atoms with E-state index in [1.165, 1.54) is 0 Å². The Hall–Kier alpha value is -3.47. The first-order chi connectivity index (χ1) is 19.1. The summed E-state index contributed by atoms with van der Waals surface area (Å²) in [4.78, 5) is 21.6. The molecule has 1 aromatic heterocycles. The number of carbonyl (C=O) groups is 1. The lowest BCUT2D eigenvalue weighted by molar-refractivity contribution is -0.134. The molecule has 0 aliphatic carbocycles. The number of fused-ring (bicyclic) bond motifs is 1. The van der Waals surface area contributed by atoms with Crippen molar-refractivity contribution in [3.63, 3.8) is 0 Å². The number of sulfonamides is 1. The summed E-state index contributed by atoms with van der Waals surface area (Å²) in [6.07, 6.45) is 3.29. The minimum atomic E-state index is -3.82. The molecule has 9 nitrogen and oxygen atoms in total. The molecule has 0 saturated heterocycles. The first kappa shape index (κ1) is 29.5. The molecule has 0 spiro atoms. The molecule has 0 fully saturated rings. The third-order valence-electron chi connectivity index (χ3n) is 7.19. The molecule has 0 unspecified atom stereocenters. The Morgan fingerprint density at radius 1 is 1.15 bits per heavy atom. The second-order valence-electron chi connectivity index (χ2n) is 10.7. The third-order valence-corrected chi connectivity index (χ3v) is 8.59. The van der Waals surface area contributed by atoms with Gasteiger partial charge in [0.1, 0.15) is 11.9 Å². The van der Waals surface area contributed by atoms with E-state index >= 15 is 0 Å². The zero-order valence-corrected chi connectivity index (χ0v) is 24.3. The fraction of sp³-hybridized carbons (Fsp3) is 0.400. The molecule has 40 heavy (non-hydrogen) atoms. The van der Waals surface area contributed by atoms with Crippen LogP contribution in [0.15, 0.2) is 71.9 Å². The van der Waals surface area contributed by atoms with Crippen LogP contribution in [0.4, 0.5) is 5.69 Å². The van der Waals surface area contributed by atoms with Crippen LogP contribution in [0.1, 0.15) is 30.5 Å². The Balaban J connectivity index is 1.63. The van der Waals surface area contributed by atoms with Crippen molar-refractivity contribution >= 4 is 21.6 Å². The highest BCUT2D eigenvalue weighted by molar-refractivity contribution is 7.92. The van der Waals surface area contributed by atoms with E-state index in [4.69, 9.17) is 4.74 Å². The van der Waals surface area contributed by atoms with Crippen LogP contribution in [0.25, 0.3) is 0 Å². The van der Waals surface area contributed by atoms with Gasteiger partial charge in [0.25, 0.3) is 10.0 Å². The number of aromatic nitrogens is 1. The van der Waals surface area contributed by atoms with Gasteiger partial charge in [-0.05, 0) is 68.9 Å². The molecule has 3 atom stereocenters. The molecule has 4 rings (SSSR count). The van der Waals surface area contributed by atoms with Gasteiger partial charge >= 0.3 is 0 Å². The average molecular weight is 567 g/mol. The van der Waals surface area contributed by atoms with Crippen LogP contribution in [0, 0.1) is 12.8 Å². The van der Waals surface area contributed by atoms with Gasteiger partial charge in [-0.1, -0.05) is 24.6 Å². The van der Waals surface area contributed by atoms with Crippen molar-refractivity contribution in [2.75, 3.05) is 31.5 Å². The summed E-state index contributed by atoms with van der Waals surface area (Å²) < 4.78 is 35.2. The highest BCUT2D eigenvalue weighted by Crippen LogP contribution is 2.30. The standard InChI is InChI=1S/C30H38N4O5S/c1-21-5-8-27(9-6-21)40(37,38)32-26-7-10-28-25(15-26)16-30(36)34(23(3)20-35)17-22(2)29(39-28)19-33(4)18-24-11-13-31-14-12-24/h5-15,22-23,29,32,35H,16-20H2,1-4H3/t22-,23-,29-/m0/s1. The van der Waals surface area contributed by atoms with Crippen molar-refractivity contribution in [1.29, 1.82) is 0 Å². The van der Waals surface area contributed by atoms with Crippen LogP contribution < -0.4 is 9.46 Å². The second-order valence-corrected chi connectivity index (χ2v) is 12.4. The van der Waals surface area contributed by atoms with Gasteiger partial charge in [-0.3, -0.25) is 19.4 Å². The zero-order valence-electron chi connectivity index (χ0n) is 23.4. The minimum Gasteiger partial charge on any atom is -0.488 e. The molecular formula is C30H38N4O5S. The summed E-state index contributed by atoms with van der Waals surface area (Å²) in [5, 5.41) is 9.88. The first-order valence-electron chi connectivity index (χ1n) is 13.4. The number of benzene rings is 2. The molecule has 1 aliphatic rings. The van der Waals surface area contributed by atoms with Gasteiger partial charge in [-0.2, -0.15) is 0 Å². The monoisotopic (exact) mass is 566 g/mol. The number of anilines is 1. The van der Waals surface area contributed by atoms with Crippen LogP contribution in [-0.4, -0.2) is 73.1 Å². The predicted octanol–water partition coefficient (Wildman–Crippen LogP) is 3.47. The van der Waals surface area contributed by atoms with Gasteiger partial charge in [-0.15, -0.1) is 0 Å². The molecular weight excluding hydrogens is 528 g/mol. The topological polar surface area (TPSA) is 112 Å².